The highest BCUT2D eigenvalue weighted by molar-refractivity contribution is 5.71. The van der Waals surface area contributed by atoms with Crippen molar-refractivity contribution in [3.8, 4) is 0 Å². The minimum atomic E-state index is -0.762. The van der Waals surface area contributed by atoms with Crippen molar-refractivity contribution in [1.82, 2.24) is 0 Å². The van der Waals surface area contributed by atoms with Crippen molar-refractivity contribution in [1.29, 1.82) is 0 Å². The zero-order valence-electron chi connectivity index (χ0n) is 44.5. The molecule has 0 amide bonds. The van der Waals surface area contributed by atoms with Crippen molar-refractivity contribution >= 4 is 17.9 Å². The Balaban J connectivity index is 4.30. The molecule has 6 nitrogen and oxygen atoms in total. The van der Waals surface area contributed by atoms with Crippen molar-refractivity contribution in [2.24, 2.45) is 5.92 Å². The summed E-state index contributed by atoms with van der Waals surface area (Å²) in [5.74, 6) is 0.00637. The Morgan fingerprint density at radius 3 is 0.754 bits per heavy atom. The van der Waals surface area contributed by atoms with Gasteiger partial charge >= 0.3 is 17.9 Å². The fraction of sp³-hybridized carbons (Fsp3) is 0.949. The van der Waals surface area contributed by atoms with Gasteiger partial charge in [-0.2, -0.15) is 0 Å². The van der Waals surface area contributed by atoms with Crippen molar-refractivity contribution in [3.63, 3.8) is 0 Å². The summed E-state index contributed by atoms with van der Waals surface area (Å²) in [5.41, 5.74) is 0. The average molecular weight is 920 g/mol. The maximum atomic E-state index is 12.8. The van der Waals surface area contributed by atoms with E-state index in [2.05, 4.69) is 27.7 Å². The highest BCUT2D eigenvalue weighted by atomic mass is 16.6. The molecule has 0 aliphatic carbocycles. The monoisotopic (exact) mass is 919 g/mol. The summed E-state index contributed by atoms with van der Waals surface area (Å²) in [4.78, 5) is 38.2. The van der Waals surface area contributed by atoms with Crippen molar-refractivity contribution in [3.05, 3.63) is 0 Å². The van der Waals surface area contributed by atoms with E-state index in [0.29, 0.717) is 19.3 Å². The molecule has 65 heavy (non-hydrogen) atoms. The molecule has 1 atom stereocenters. The molecule has 0 unspecified atom stereocenters. The first-order valence-corrected chi connectivity index (χ1v) is 29.4. The van der Waals surface area contributed by atoms with Gasteiger partial charge in [-0.05, 0) is 25.2 Å². The van der Waals surface area contributed by atoms with Crippen LogP contribution in [0.25, 0.3) is 0 Å². The number of hydrogen-bond acceptors (Lipinski definition) is 6. The summed E-state index contributed by atoms with van der Waals surface area (Å²) in [5, 5.41) is 0. The third-order valence-corrected chi connectivity index (χ3v) is 13.5. The quantitative estimate of drug-likeness (QED) is 0.0344. The minimum Gasteiger partial charge on any atom is -0.462 e. The van der Waals surface area contributed by atoms with E-state index >= 15 is 0 Å². The predicted octanol–water partition coefficient (Wildman–Crippen LogP) is 19.4. The molecule has 0 aromatic rings. The zero-order chi connectivity index (χ0) is 47.4. The smallest absolute Gasteiger partial charge is 0.306 e. The third kappa shape index (κ3) is 53.2. The van der Waals surface area contributed by atoms with Crippen LogP contribution in [0.4, 0.5) is 0 Å². The number of rotatable bonds is 54. The molecule has 0 N–H and O–H groups in total. The Labute approximate surface area is 406 Å². The van der Waals surface area contributed by atoms with Gasteiger partial charge in [0.1, 0.15) is 13.2 Å². The molecule has 0 saturated heterocycles. The molecule has 0 aliphatic heterocycles. The summed E-state index contributed by atoms with van der Waals surface area (Å²) < 4.78 is 16.9. The van der Waals surface area contributed by atoms with Gasteiger partial charge in [-0.25, -0.2) is 0 Å². The predicted molar refractivity (Wildman–Crippen MR) is 280 cm³/mol. The standard InChI is InChI=1S/C59H114O6/c1-5-7-9-11-13-15-17-19-21-23-26-30-34-38-42-46-50-57(60)63-53-56(65-59(62)52-48-44-40-36-32-27-22-20-18-16-14-12-10-8-6-2)54-64-58(61)51-47-43-39-35-31-28-24-25-29-33-37-41-45-49-55(3)4/h55-56H,5-54H2,1-4H3/t56-/m0/s1. The highest BCUT2D eigenvalue weighted by Gasteiger charge is 2.19. The molecule has 0 heterocycles. The van der Waals surface area contributed by atoms with Crippen LogP contribution in [-0.4, -0.2) is 37.2 Å². The van der Waals surface area contributed by atoms with Gasteiger partial charge in [0.2, 0.25) is 0 Å². The molecule has 0 aliphatic rings. The third-order valence-electron chi connectivity index (χ3n) is 13.5. The zero-order valence-corrected chi connectivity index (χ0v) is 44.5. The van der Waals surface area contributed by atoms with Crippen LogP contribution in [0.2, 0.25) is 0 Å². The van der Waals surface area contributed by atoms with E-state index in [1.165, 1.54) is 231 Å². The summed E-state index contributed by atoms with van der Waals surface area (Å²) >= 11 is 0. The second-order valence-corrected chi connectivity index (χ2v) is 20.8. The van der Waals surface area contributed by atoms with Gasteiger partial charge in [0.25, 0.3) is 0 Å². The molecule has 0 aromatic heterocycles. The fourth-order valence-corrected chi connectivity index (χ4v) is 9.10. The second-order valence-electron chi connectivity index (χ2n) is 20.8. The summed E-state index contributed by atoms with van der Waals surface area (Å²) in [6, 6.07) is 0. The Morgan fingerprint density at radius 1 is 0.292 bits per heavy atom. The lowest BCUT2D eigenvalue weighted by atomic mass is 10.0. The number of esters is 3. The number of carbonyl (C=O) groups is 3. The van der Waals surface area contributed by atoms with Crippen molar-refractivity contribution in [2.75, 3.05) is 13.2 Å². The van der Waals surface area contributed by atoms with Gasteiger partial charge in [-0.3, -0.25) is 14.4 Å². The van der Waals surface area contributed by atoms with Crippen LogP contribution in [0, 0.1) is 5.92 Å². The number of hydrogen-bond donors (Lipinski definition) is 0. The summed E-state index contributed by atoms with van der Waals surface area (Å²) in [6.45, 7) is 9.07. The van der Waals surface area contributed by atoms with E-state index in [-0.39, 0.29) is 31.1 Å². The van der Waals surface area contributed by atoms with Crippen LogP contribution in [-0.2, 0) is 28.6 Å². The molecule has 0 rings (SSSR count). The van der Waals surface area contributed by atoms with E-state index in [9.17, 15) is 14.4 Å². The molecular formula is C59H114O6. The largest absolute Gasteiger partial charge is 0.462 e. The minimum absolute atomic E-state index is 0.0616. The van der Waals surface area contributed by atoms with Crippen LogP contribution in [0.3, 0.4) is 0 Å². The lowest BCUT2D eigenvalue weighted by Gasteiger charge is -2.18. The van der Waals surface area contributed by atoms with Crippen LogP contribution in [0.1, 0.15) is 336 Å². The Morgan fingerprint density at radius 2 is 0.508 bits per heavy atom. The SMILES string of the molecule is CCCCCCCCCCCCCCCCCCC(=O)OC[C@@H](COC(=O)CCCCCCCCCCCCCCCC(C)C)OC(=O)CCCCCCCCCCCCCCCCC. The van der Waals surface area contributed by atoms with Gasteiger partial charge in [-0.15, -0.1) is 0 Å². The average Bonchev–Trinajstić information content (AvgIpc) is 3.29. The van der Waals surface area contributed by atoms with E-state index in [1.807, 2.05) is 0 Å². The summed E-state index contributed by atoms with van der Waals surface area (Å²) in [6.07, 6.45) is 58.0. The molecule has 0 saturated carbocycles. The second kappa shape index (κ2) is 53.4. The van der Waals surface area contributed by atoms with Crippen LogP contribution in [0.15, 0.2) is 0 Å². The van der Waals surface area contributed by atoms with E-state index in [4.69, 9.17) is 14.2 Å². The van der Waals surface area contributed by atoms with Gasteiger partial charge < -0.3 is 14.2 Å². The Kier molecular flexibility index (Phi) is 52.1. The molecule has 386 valence electrons. The van der Waals surface area contributed by atoms with Crippen LogP contribution < -0.4 is 0 Å². The Bertz CT molecular complexity index is 980. The van der Waals surface area contributed by atoms with Gasteiger partial charge in [0, 0.05) is 19.3 Å². The lowest BCUT2D eigenvalue weighted by molar-refractivity contribution is -0.167. The van der Waals surface area contributed by atoms with Gasteiger partial charge in [0.15, 0.2) is 6.10 Å². The number of ether oxygens (including phenoxy) is 3. The van der Waals surface area contributed by atoms with Gasteiger partial charge in [0.05, 0.1) is 0 Å². The maximum absolute atomic E-state index is 12.8. The number of carbonyl (C=O) groups excluding carboxylic acids is 3. The van der Waals surface area contributed by atoms with E-state index < -0.39 is 6.10 Å². The first kappa shape index (κ1) is 63.4. The first-order valence-electron chi connectivity index (χ1n) is 29.4. The van der Waals surface area contributed by atoms with E-state index in [1.54, 1.807) is 0 Å². The van der Waals surface area contributed by atoms with Gasteiger partial charge in [-0.1, -0.05) is 297 Å². The molecule has 0 aromatic carbocycles. The van der Waals surface area contributed by atoms with Crippen molar-refractivity contribution < 1.29 is 28.6 Å². The highest BCUT2D eigenvalue weighted by Crippen LogP contribution is 2.18. The normalized spacial score (nSPS) is 12.0. The lowest BCUT2D eigenvalue weighted by Crippen LogP contribution is -2.30. The van der Waals surface area contributed by atoms with E-state index in [0.717, 1.165) is 63.7 Å². The topological polar surface area (TPSA) is 78.9 Å². The molecular weight excluding hydrogens is 805 g/mol. The molecule has 0 spiro atoms. The molecule has 0 fully saturated rings. The number of unbranched alkanes of at least 4 members (excludes halogenated alkanes) is 41. The first-order chi connectivity index (χ1) is 31.9. The van der Waals surface area contributed by atoms with Crippen LogP contribution >= 0.6 is 0 Å². The van der Waals surface area contributed by atoms with Crippen LogP contribution in [0.5, 0.6) is 0 Å². The molecule has 0 bridgehead atoms. The summed E-state index contributed by atoms with van der Waals surface area (Å²) in [7, 11) is 0. The van der Waals surface area contributed by atoms with Crippen molar-refractivity contribution in [2.45, 2.75) is 342 Å². The molecule has 0 radical (unpaired) electrons. The fourth-order valence-electron chi connectivity index (χ4n) is 9.10. The Hall–Kier alpha value is -1.59. The molecule has 6 heteroatoms. The maximum Gasteiger partial charge on any atom is 0.306 e.